The lowest BCUT2D eigenvalue weighted by Gasteiger charge is -2.18. The Bertz CT molecular complexity index is 1010. The number of ether oxygens (including phenoxy) is 1. The number of anilines is 1. The van der Waals surface area contributed by atoms with E-state index < -0.39 is 0 Å². The van der Waals surface area contributed by atoms with Crippen LogP contribution >= 0.6 is 0 Å². The molecule has 3 N–H and O–H groups in total. The highest BCUT2D eigenvalue weighted by Gasteiger charge is 2.16. The van der Waals surface area contributed by atoms with Gasteiger partial charge in [-0.15, -0.1) is 0 Å². The van der Waals surface area contributed by atoms with Gasteiger partial charge in [0, 0.05) is 23.1 Å². The van der Waals surface area contributed by atoms with Gasteiger partial charge in [-0.1, -0.05) is 32.9 Å². The van der Waals surface area contributed by atoms with Crippen LogP contribution in [-0.2, 0) is 10.2 Å². The summed E-state index contributed by atoms with van der Waals surface area (Å²) in [7, 11) is 0. The predicted octanol–water partition coefficient (Wildman–Crippen LogP) is 4.23. The van der Waals surface area contributed by atoms with Crippen molar-refractivity contribution in [2.24, 2.45) is 0 Å². The van der Waals surface area contributed by atoms with Crippen LogP contribution in [0.25, 0.3) is 10.9 Å². The fourth-order valence-electron chi connectivity index (χ4n) is 2.95. The Balaban J connectivity index is 1.66. The molecule has 0 aliphatic heterocycles. The second-order valence-corrected chi connectivity index (χ2v) is 7.96. The number of benzene rings is 2. The SMILES string of the molecule is CCNC(=O)COc1ccc(NC(=O)c2cc3ccc(C(C)(C)C)cc3[nH]2)cc1. The summed E-state index contributed by atoms with van der Waals surface area (Å²) in [6.45, 7) is 8.87. The molecule has 0 unspecified atom stereocenters. The molecule has 0 saturated carbocycles. The summed E-state index contributed by atoms with van der Waals surface area (Å²) in [6.07, 6.45) is 0. The highest BCUT2D eigenvalue weighted by molar-refractivity contribution is 6.06. The molecule has 0 atom stereocenters. The van der Waals surface area contributed by atoms with Gasteiger partial charge >= 0.3 is 0 Å². The number of fused-ring (bicyclic) bond motifs is 1. The third-order valence-corrected chi connectivity index (χ3v) is 4.59. The van der Waals surface area contributed by atoms with Crippen molar-refractivity contribution in [2.45, 2.75) is 33.1 Å². The molecular formula is C23H27N3O3. The normalized spacial score (nSPS) is 11.3. The summed E-state index contributed by atoms with van der Waals surface area (Å²) in [6, 6.07) is 15.0. The van der Waals surface area contributed by atoms with Gasteiger partial charge < -0.3 is 20.4 Å². The molecule has 152 valence electrons. The van der Waals surface area contributed by atoms with Crippen LogP contribution in [0, 0.1) is 0 Å². The molecule has 0 spiro atoms. The largest absolute Gasteiger partial charge is 0.484 e. The van der Waals surface area contributed by atoms with Gasteiger partial charge in [-0.05, 0) is 54.3 Å². The van der Waals surface area contributed by atoms with E-state index in [4.69, 9.17) is 4.74 Å². The molecule has 0 aliphatic rings. The van der Waals surface area contributed by atoms with Gasteiger partial charge in [0.25, 0.3) is 11.8 Å². The highest BCUT2D eigenvalue weighted by Crippen LogP contribution is 2.26. The molecule has 0 bridgehead atoms. The number of carbonyl (C=O) groups excluding carboxylic acids is 2. The quantitative estimate of drug-likeness (QED) is 0.586. The molecule has 0 radical (unpaired) electrons. The van der Waals surface area contributed by atoms with E-state index in [1.807, 2.05) is 19.1 Å². The lowest BCUT2D eigenvalue weighted by atomic mass is 9.87. The van der Waals surface area contributed by atoms with E-state index in [0.717, 1.165) is 10.9 Å². The third-order valence-electron chi connectivity index (χ3n) is 4.59. The van der Waals surface area contributed by atoms with E-state index in [-0.39, 0.29) is 23.8 Å². The standard InChI is InChI=1S/C23H27N3O3/c1-5-24-21(27)14-29-18-10-8-17(9-11-18)25-22(28)20-12-15-6-7-16(23(2,3)4)13-19(15)26-20/h6-13,26H,5,14H2,1-4H3,(H,24,27)(H,25,28). The molecular weight excluding hydrogens is 366 g/mol. The number of likely N-dealkylation sites (N-methyl/N-ethyl adjacent to an activating group) is 1. The Labute approximate surface area is 170 Å². The lowest BCUT2D eigenvalue weighted by molar-refractivity contribution is -0.122. The van der Waals surface area contributed by atoms with Crippen molar-refractivity contribution in [1.82, 2.24) is 10.3 Å². The first-order valence-corrected chi connectivity index (χ1v) is 9.70. The summed E-state index contributed by atoms with van der Waals surface area (Å²) in [5.41, 5.74) is 3.35. The maximum Gasteiger partial charge on any atom is 0.272 e. The lowest BCUT2D eigenvalue weighted by Crippen LogP contribution is -2.28. The molecule has 6 nitrogen and oxygen atoms in total. The van der Waals surface area contributed by atoms with E-state index in [9.17, 15) is 9.59 Å². The molecule has 1 aromatic heterocycles. The minimum absolute atomic E-state index is 0.0365. The van der Waals surface area contributed by atoms with Crippen molar-refractivity contribution in [3.63, 3.8) is 0 Å². The van der Waals surface area contributed by atoms with Gasteiger partial charge in [0.15, 0.2) is 6.61 Å². The number of H-pyrrole nitrogens is 1. The van der Waals surface area contributed by atoms with Gasteiger partial charge in [0.05, 0.1) is 0 Å². The van der Waals surface area contributed by atoms with E-state index in [1.165, 1.54) is 5.56 Å². The van der Waals surface area contributed by atoms with E-state index in [1.54, 1.807) is 24.3 Å². The number of aromatic amines is 1. The summed E-state index contributed by atoms with van der Waals surface area (Å²) in [5.74, 6) is 0.183. The van der Waals surface area contributed by atoms with E-state index in [0.29, 0.717) is 23.7 Å². The van der Waals surface area contributed by atoms with Crippen molar-refractivity contribution >= 4 is 28.4 Å². The Morgan fingerprint density at radius 2 is 1.76 bits per heavy atom. The molecule has 29 heavy (non-hydrogen) atoms. The third kappa shape index (κ3) is 5.16. The topological polar surface area (TPSA) is 83.2 Å². The number of rotatable bonds is 6. The molecule has 2 amide bonds. The number of hydrogen-bond acceptors (Lipinski definition) is 3. The van der Waals surface area contributed by atoms with E-state index >= 15 is 0 Å². The maximum absolute atomic E-state index is 12.6. The first-order valence-electron chi connectivity index (χ1n) is 9.70. The zero-order valence-corrected chi connectivity index (χ0v) is 17.3. The predicted molar refractivity (Wildman–Crippen MR) is 116 cm³/mol. The molecule has 3 aromatic rings. The average molecular weight is 393 g/mol. The van der Waals surface area contributed by atoms with Gasteiger partial charge in [-0.25, -0.2) is 0 Å². The fraction of sp³-hybridized carbons (Fsp3) is 0.304. The molecule has 0 aliphatic carbocycles. The minimum atomic E-state index is -0.213. The van der Waals surface area contributed by atoms with Crippen LogP contribution < -0.4 is 15.4 Å². The maximum atomic E-state index is 12.6. The summed E-state index contributed by atoms with van der Waals surface area (Å²) < 4.78 is 5.41. The van der Waals surface area contributed by atoms with Crippen LogP contribution in [-0.4, -0.2) is 29.9 Å². The van der Waals surface area contributed by atoms with Crippen LogP contribution in [0.15, 0.2) is 48.5 Å². The number of carbonyl (C=O) groups is 2. The van der Waals surface area contributed by atoms with Crippen LogP contribution in [0.5, 0.6) is 5.75 Å². The number of aromatic nitrogens is 1. The minimum Gasteiger partial charge on any atom is -0.484 e. The first-order chi connectivity index (χ1) is 13.8. The van der Waals surface area contributed by atoms with Crippen LogP contribution in [0.1, 0.15) is 43.7 Å². The fourth-order valence-corrected chi connectivity index (χ4v) is 2.95. The van der Waals surface area contributed by atoms with Crippen molar-refractivity contribution < 1.29 is 14.3 Å². The number of nitrogens with one attached hydrogen (secondary N) is 3. The summed E-state index contributed by atoms with van der Waals surface area (Å²) in [5, 5.41) is 6.54. The van der Waals surface area contributed by atoms with Gasteiger partial charge in [0.1, 0.15) is 11.4 Å². The number of hydrogen-bond donors (Lipinski definition) is 3. The Morgan fingerprint density at radius 1 is 1.03 bits per heavy atom. The van der Waals surface area contributed by atoms with Crippen molar-refractivity contribution in [3.05, 3.63) is 59.8 Å². The Morgan fingerprint density at radius 3 is 2.41 bits per heavy atom. The van der Waals surface area contributed by atoms with Crippen molar-refractivity contribution in [3.8, 4) is 5.75 Å². The summed E-state index contributed by atoms with van der Waals surface area (Å²) >= 11 is 0. The van der Waals surface area contributed by atoms with Gasteiger partial charge in [-0.3, -0.25) is 9.59 Å². The average Bonchev–Trinajstić information content (AvgIpc) is 3.10. The molecule has 6 heteroatoms. The molecule has 0 saturated heterocycles. The number of amides is 2. The molecule has 3 rings (SSSR count). The zero-order chi connectivity index (χ0) is 21.0. The Kier molecular flexibility index (Phi) is 5.92. The first kappa shape index (κ1) is 20.5. The zero-order valence-electron chi connectivity index (χ0n) is 17.3. The van der Waals surface area contributed by atoms with Gasteiger partial charge in [-0.2, -0.15) is 0 Å². The van der Waals surface area contributed by atoms with Crippen LogP contribution in [0.2, 0.25) is 0 Å². The van der Waals surface area contributed by atoms with Crippen LogP contribution in [0.3, 0.4) is 0 Å². The second kappa shape index (κ2) is 8.39. The van der Waals surface area contributed by atoms with Crippen molar-refractivity contribution in [1.29, 1.82) is 0 Å². The highest BCUT2D eigenvalue weighted by atomic mass is 16.5. The Hall–Kier alpha value is -3.28. The van der Waals surface area contributed by atoms with E-state index in [2.05, 4.69) is 48.5 Å². The van der Waals surface area contributed by atoms with Crippen LogP contribution in [0.4, 0.5) is 5.69 Å². The second-order valence-electron chi connectivity index (χ2n) is 7.96. The summed E-state index contributed by atoms with van der Waals surface area (Å²) in [4.78, 5) is 27.3. The molecule has 2 aromatic carbocycles. The monoisotopic (exact) mass is 393 g/mol. The molecule has 0 fully saturated rings. The smallest absolute Gasteiger partial charge is 0.272 e. The molecule has 1 heterocycles. The van der Waals surface area contributed by atoms with Crippen molar-refractivity contribution in [2.75, 3.05) is 18.5 Å². The van der Waals surface area contributed by atoms with Gasteiger partial charge in [0.2, 0.25) is 0 Å².